The van der Waals surface area contributed by atoms with E-state index in [4.69, 9.17) is 22.7 Å². The molecule has 5 nitrogen and oxygen atoms in total. The summed E-state index contributed by atoms with van der Waals surface area (Å²) in [5.41, 5.74) is 6.32. The third-order valence-corrected chi connectivity index (χ3v) is 3.89. The fraction of sp³-hybridized carbons (Fsp3) is 0.467. The summed E-state index contributed by atoms with van der Waals surface area (Å²) in [6, 6.07) is 7.35. The summed E-state index contributed by atoms with van der Waals surface area (Å²) in [5, 5.41) is 0. The molecule has 1 unspecified atom stereocenters. The van der Waals surface area contributed by atoms with E-state index in [9.17, 15) is 4.79 Å². The molecule has 0 spiro atoms. The maximum absolute atomic E-state index is 12.2. The number of piperazine rings is 1. The maximum atomic E-state index is 12.2. The molecule has 1 aliphatic heterocycles. The Morgan fingerprint density at radius 2 is 2.05 bits per heavy atom. The number of benzene rings is 1. The predicted octanol–water partition coefficient (Wildman–Crippen LogP) is 0.862. The second-order valence-corrected chi connectivity index (χ2v) is 5.82. The third kappa shape index (κ3) is 4.15. The SMILES string of the molecule is CC1CN(C)CCN1C(=O)COc1ccc(C(N)=S)cc1. The number of thiocarbonyl (C=S) groups is 1. The number of nitrogens with zero attached hydrogens (tertiary/aromatic N) is 2. The van der Waals surface area contributed by atoms with Gasteiger partial charge < -0.3 is 20.3 Å². The first-order valence-electron chi connectivity index (χ1n) is 6.98. The number of carbonyl (C=O) groups excluding carboxylic acids is 1. The van der Waals surface area contributed by atoms with Crippen molar-refractivity contribution < 1.29 is 9.53 Å². The van der Waals surface area contributed by atoms with Crippen molar-refractivity contribution in [3.05, 3.63) is 29.8 Å². The quantitative estimate of drug-likeness (QED) is 0.836. The highest BCUT2D eigenvalue weighted by Crippen LogP contribution is 2.13. The predicted molar refractivity (Wildman–Crippen MR) is 86.5 cm³/mol. The van der Waals surface area contributed by atoms with Gasteiger partial charge in [0.2, 0.25) is 0 Å². The Hall–Kier alpha value is -1.66. The van der Waals surface area contributed by atoms with Crippen LogP contribution in [0.5, 0.6) is 5.75 Å². The molecular weight excluding hydrogens is 286 g/mol. The molecule has 1 aromatic carbocycles. The zero-order valence-corrected chi connectivity index (χ0v) is 13.2. The first-order valence-corrected chi connectivity index (χ1v) is 7.39. The van der Waals surface area contributed by atoms with Crippen LogP contribution in [0.2, 0.25) is 0 Å². The number of amides is 1. The van der Waals surface area contributed by atoms with Crippen LogP contribution >= 0.6 is 12.2 Å². The summed E-state index contributed by atoms with van der Waals surface area (Å²) in [6.45, 7) is 4.67. The lowest BCUT2D eigenvalue weighted by Gasteiger charge is -2.38. The van der Waals surface area contributed by atoms with Gasteiger partial charge in [-0.15, -0.1) is 0 Å². The maximum Gasteiger partial charge on any atom is 0.260 e. The molecule has 1 fully saturated rings. The van der Waals surface area contributed by atoms with Crippen LogP contribution in [0.1, 0.15) is 12.5 Å². The molecule has 1 aliphatic rings. The highest BCUT2D eigenvalue weighted by atomic mass is 32.1. The van der Waals surface area contributed by atoms with Gasteiger partial charge in [-0.1, -0.05) is 12.2 Å². The van der Waals surface area contributed by atoms with Crippen molar-refractivity contribution in [2.45, 2.75) is 13.0 Å². The van der Waals surface area contributed by atoms with Crippen LogP contribution in [0.3, 0.4) is 0 Å². The lowest BCUT2D eigenvalue weighted by molar-refractivity contribution is -0.137. The van der Waals surface area contributed by atoms with Crippen LogP contribution in [-0.2, 0) is 4.79 Å². The molecule has 0 aromatic heterocycles. The van der Waals surface area contributed by atoms with Gasteiger partial charge in [0, 0.05) is 31.2 Å². The van der Waals surface area contributed by atoms with Gasteiger partial charge in [0.25, 0.3) is 5.91 Å². The van der Waals surface area contributed by atoms with Crippen LogP contribution in [0.25, 0.3) is 0 Å². The van der Waals surface area contributed by atoms with E-state index >= 15 is 0 Å². The normalized spacial score (nSPS) is 19.3. The Morgan fingerprint density at radius 1 is 1.38 bits per heavy atom. The molecule has 114 valence electrons. The molecule has 0 radical (unpaired) electrons. The van der Waals surface area contributed by atoms with E-state index in [1.807, 2.05) is 4.90 Å². The highest BCUT2D eigenvalue weighted by Gasteiger charge is 2.25. The number of carbonyl (C=O) groups is 1. The number of nitrogens with two attached hydrogens (primary N) is 1. The van der Waals surface area contributed by atoms with Crippen molar-refractivity contribution in [3.8, 4) is 5.75 Å². The van der Waals surface area contributed by atoms with Crippen molar-refractivity contribution in [2.24, 2.45) is 5.73 Å². The number of hydrogen-bond acceptors (Lipinski definition) is 4. The number of rotatable bonds is 4. The van der Waals surface area contributed by atoms with Crippen molar-refractivity contribution in [1.29, 1.82) is 0 Å². The van der Waals surface area contributed by atoms with Crippen LogP contribution in [0.15, 0.2) is 24.3 Å². The Balaban J connectivity index is 1.87. The molecule has 6 heteroatoms. The van der Waals surface area contributed by atoms with Crippen LogP contribution in [0, 0.1) is 0 Å². The van der Waals surface area contributed by atoms with Gasteiger partial charge >= 0.3 is 0 Å². The lowest BCUT2D eigenvalue weighted by Crippen LogP contribution is -2.53. The minimum Gasteiger partial charge on any atom is -0.484 e. The van der Waals surface area contributed by atoms with Crippen molar-refractivity contribution in [3.63, 3.8) is 0 Å². The van der Waals surface area contributed by atoms with Crippen LogP contribution in [-0.4, -0.2) is 60.0 Å². The first-order chi connectivity index (χ1) is 9.97. The zero-order valence-electron chi connectivity index (χ0n) is 12.4. The molecule has 2 rings (SSSR count). The Kier molecular flexibility index (Phi) is 5.14. The standard InChI is InChI=1S/C15H21N3O2S/c1-11-9-17(2)7-8-18(11)14(19)10-20-13-5-3-12(4-6-13)15(16)21/h3-6,11H,7-10H2,1-2H3,(H2,16,21). The third-order valence-electron chi connectivity index (χ3n) is 3.65. The molecule has 0 aliphatic carbocycles. The summed E-state index contributed by atoms with van der Waals surface area (Å²) in [6.07, 6.45) is 0. The molecule has 1 heterocycles. The molecule has 1 amide bonds. The average molecular weight is 307 g/mol. The minimum atomic E-state index is 0.0222. The molecule has 1 atom stereocenters. The lowest BCUT2D eigenvalue weighted by atomic mass is 10.2. The Labute approximate surface area is 130 Å². The van der Waals surface area contributed by atoms with E-state index < -0.39 is 0 Å². The smallest absolute Gasteiger partial charge is 0.260 e. The fourth-order valence-corrected chi connectivity index (χ4v) is 2.59. The van der Waals surface area contributed by atoms with Crippen molar-refractivity contribution in [1.82, 2.24) is 9.80 Å². The molecule has 0 bridgehead atoms. The number of hydrogen-bond donors (Lipinski definition) is 1. The van der Waals surface area contributed by atoms with E-state index in [1.165, 1.54) is 0 Å². The molecule has 2 N–H and O–H groups in total. The molecule has 1 aromatic rings. The summed E-state index contributed by atoms with van der Waals surface area (Å²) in [5.74, 6) is 0.666. The molecule has 1 saturated heterocycles. The second kappa shape index (κ2) is 6.87. The number of ether oxygens (including phenoxy) is 1. The van der Waals surface area contributed by atoms with Crippen LogP contribution in [0.4, 0.5) is 0 Å². The molecular formula is C15H21N3O2S. The minimum absolute atomic E-state index is 0.0222. The summed E-state index contributed by atoms with van der Waals surface area (Å²) in [7, 11) is 2.07. The van der Waals surface area contributed by atoms with Crippen molar-refractivity contribution >= 4 is 23.1 Å². The zero-order chi connectivity index (χ0) is 15.4. The van der Waals surface area contributed by atoms with E-state index in [2.05, 4.69) is 18.9 Å². The van der Waals surface area contributed by atoms with Gasteiger partial charge in [0.1, 0.15) is 10.7 Å². The average Bonchev–Trinajstić information content (AvgIpc) is 2.45. The molecule has 0 saturated carbocycles. The van der Waals surface area contributed by atoms with Gasteiger partial charge in [0.15, 0.2) is 6.61 Å². The van der Waals surface area contributed by atoms with Gasteiger partial charge in [0.05, 0.1) is 0 Å². The topological polar surface area (TPSA) is 58.8 Å². The van der Waals surface area contributed by atoms with Gasteiger partial charge in [-0.2, -0.15) is 0 Å². The van der Waals surface area contributed by atoms with E-state index in [-0.39, 0.29) is 18.6 Å². The first kappa shape index (κ1) is 15.7. The Morgan fingerprint density at radius 3 is 2.62 bits per heavy atom. The summed E-state index contributed by atoms with van der Waals surface area (Å²) < 4.78 is 5.54. The molecule has 21 heavy (non-hydrogen) atoms. The van der Waals surface area contributed by atoms with Crippen molar-refractivity contribution in [2.75, 3.05) is 33.3 Å². The summed E-state index contributed by atoms with van der Waals surface area (Å²) >= 11 is 4.89. The van der Waals surface area contributed by atoms with Gasteiger partial charge in [-0.05, 0) is 38.2 Å². The summed E-state index contributed by atoms with van der Waals surface area (Å²) in [4.78, 5) is 16.7. The van der Waals surface area contributed by atoms with Gasteiger partial charge in [-0.25, -0.2) is 0 Å². The van der Waals surface area contributed by atoms with Crippen LogP contribution < -0.4 is 10.5 Å². The van der Waals surface area contributed by atoms with E-state index in [1.54, 1.807) is 24.3 Å². The second-order valence-electron chi connectivity index (χ2n) is 5.38. The number of likely N-dealkylation sites (N-methyl/N-ethyl adjacent to an activating group) is 1. The van der Waals surface area contributed by atoms with E-state index in [0.717, 1.165) is 25.2 Å². The largest absolute Gasteiger partial charge is 0.484 e. The fourth-order valence-electron chi connectivity index (χ4n) is 2.45. The Bertz CT molecular complexity index is 518. The highest BCUT2D eigenvalue weighted by molar-refractivity contribution is 7.80. The van der Waals surface area contributed by atoms with Gasteiger partial charge in [-0.3, -0.25) is 4.79 Å². The van der Waals surface area contributed by atoms with E-state index in [0.29, 0.717) is 10.7 Å². The monoisotopic (exact) mass is 307 g/mol.